The smallest absolute Gasteiger partial charge is 0.221 e. The Hall–Kier alpha value is -1.71. The highest BCUT2D eigenvalue weighted by Gasteiger charge is 2.54. The van der Waals surface area contributed by atoms with Gasteiger partial charge < -0.3 is 35.0 Å². The third-order valence-electron chi connectivity index (χ3n) is 5.05. The summed E-state index contributed by atoms with van der Waals surface area (Å²) in [5, 5.41) is 50.2. The molecule has 0 aromatic heterocycles. The predicted molar refractivity (Wildman–Crippen MR) is 106 cm³/mol. The summed E-state index contributed by atoms with van der Waals surface area (Å²) in [6, 6.07) is 12.6. The molecule has 0 saturated carbocycles. The van der Waals surface area contributed by atoms with Crippen LogP contribution >= 0.6 is 11.6 Å². The van der Waals surface area contributed by atoms with E-state index < -0.39 is 36.8 Å². The van der Waals surface area contributed by atoms with Crippen LogP contribution in [0.2, 0.25) is 5.02 Å². The first-order valence-electron chi connectivity index (χ1n) is 9.35. The van der Waals surface area contributed by atoms with E-state index >= 15 is 0 Å². The summed E-state index contributed by atoms with van der Waals surface area (Å²) in [7, 11) is 0. The van der Waals surface area contributed by atoms with Gasteiger partial charge in [0, 0.05) is 5.02 Å². The number of hydrogen-bond donors (Lipinski definition) is 5. The average Bonchev–Trinajstić information content (AvgIpc) is 2.70. The van der Waals surface area contributed by atoms with E-state index in [0.29, 0.717) is 23.6 Å². The molecule has 0 spiro atoms. The minimum atomic E-state index is -2.76. The van der Waals surface area contributed by atoms with Crippen LogP contribution in [0.5, 0.6) is 5.75 Å². The molecule has 7 nitrogen and oxygen atoms in total. The molecule has 0 bridgehead atoms. The summed E-state index contributed by atoms with van der Waals surface area (Å²) in [5.74, 6) is -1.99. The van der Waals surface area contributed by atoms with Crippen LogP contribution in [0.4, 0.5) is 0 Å². The van der Waals surface area contributed by atoms with Crippen molar-refractivity contribution in [1.82, 2.24) is 0 Å². The van der Waals surface area contributed by atoms with E-state index in [1.165, 1.54) is 0 Å². The lowest BCUT2D eigenvalue weighted by Crippen LogP contribution is -2.64. The zero-order chi connectivity index (χ0) is 21.2. The molecular weight excluding hydrogens is 400 g/mol. The molecule has 1 heterocycles. The van der Waals surface area contributed by atoms with Crippen LogP contribution in [-0.4, -0.2) is 62.8 Å². The van der Waals surface area contributed by atoms with Gasteiger partial charge in [0.15, 0.2) is 0 Å². The molecule has 1 aliphatic rings. The molecular formula is C21H25ClO7. The standard InChI is InChI=1S/C21H25ClO7/c1-2-28-15-6-3-12(4-7-15)9-14-10-13(5-8-16(14)22)19-18(24)20(25)21(26,27)17(11-23)29-19/h3-8,10,17-20,23-27H,2,9,11H2,1H3/t17-,18+,19+,20-/m1/s1. The van der Waals surface area contributed by atoms with Gasteiger partial charge in [-0.15, -0.1) is 0 Å². The van der Waals surface area contributed by atoms with Gasteiger partial charge in [-0.3, -0.25) is 0 Å². The van der Waals surface area contributed by atoms with Crippen molar-refractivity contribution in [3.8, 4) is 5.75 Å². The van der Waals surface area contributed by atoms with Crippen LogP contribution in [0, 0.1) is 0 Å². The molecule has 2 aromatic rings. The van der Waals surface area contributed by atoms with Crippen molar-refractivity contribution in [2.24, 2.45) is 0 Å². The summed E-state index contributed by atoms with van der Waals surface area (Å²) in [5.41, 5.74) is 2.26. The van der Waals surface area contributed by atoms with Gasteiger partial charge in [-0.05, 0) is 48.2 Å². The second-order valence-corrected chi connectivity index (χ2v) is 7.46. The van der Waals surface area contributed by atoms with E-state index in [2.05, 4.69) is 0 Å². The van der Waals surface area contributed by atoms with E-state index in [4.69, 9.17) is 21.1 Å². The lowest BCUT2D eigenvalue weighted by Gasteiger charge is -2.45. The molecule has 0 radical (unpaired) electrons. The first-order valence-corrected chi connectivity index (χ1v) is 9.73. The van der Waals surface area contributed by atoms with Crippen LogP contribution in [0.25, 0.3) is 0 Å². The zero-order valence-corrected chi connectivity index (χ0v) is 16.7. The van der Waals surface area contributed by atoms with Crippen molar-refractivity contribution in [2.45, 2.75) is 43.5 Å². The third kappa shape index (κ3) is 4.57. The predicted octanol–water partition coefficient (Wildman–Crippen LogP) is 1.16. The largest absolute Gasteiger partial charge is 0.494 e. The quantitative estimate of drug-likeness (QED) is 0.441. The molecule has 0 unspecified atom stereocenters. The van der Waals surface area contributed by atoms with Crippen molar-refractivity contribution in [3.63, 3.8) is 0 Å². The summed E-state index contributed by atoms with van der Waals surface area (Å²) < 4.78 is 10.9. The highest BCUT2D eigenvalue weighted by atomic mass is 35.5. The van der Waals surface area contributed by atoms with E-state index in [9.17, 15) is 25.5 Å². The lowest BCUT2D eigenvalue weighted by atomic mass is 9.88. The van der Waals surface area contributed by atoms with E-state index in [0.717, 1.165) is 16.9 Å². The highest BCUT2D eigenvalue weighted by Crippen LogP contribution is 2.37. The fraction of sp³-hybridized carbons (Fsp3) is 0.429. The molecule has 0 aliphatic carbocycles. The minimum Gasteiger partial charge on any atom is -0.494 e. The van der Waals surface area contributed by atoms with Crippen LogP contribution in [0.1, 0.15) is 29.7 Å². The Morgan fingerprint density at radius 3 is 2.41 bits per heavy atom. The third-order valence-corrected chi connectivity index (χ3v) is 5.42. The van der Waals surface area contributed by atoms with E-state index in [1.54, 1.807) is 18.2 Å². The SMILES string of the molecule is CCOc1ccc(Cc2cc([C@@H]3O[C@H](CO)C(O)(O)[C@H](O)[C@H]3O)ccc2Cl)cc1. The Labute approximate surface area is 173 Å². The molecule has 3 rings (SSSR count). The maximum atomic E-state index is 10.3. The minimum absolute atomic E-state index is 0.496. The molecule has 8 heteroatoms. The van der Waals surface area contributed by atoms with E-state index in [1.807, 2.05) is 31.2 Å². The van der Waals surface area contributed by atoms with Crippen molar-refractivity contribution in [1.29, 1.82) is 0 Å². The van der Waals surface area contributed by atoms with E-state index in [-0.39, 0.29) is 0 Å². The Balaban J connectivity index is 1.84. The van der Waals surface area contributed by atoms with Crippen LogP contribution in [0.15, 0.2) is 42.5 Å². The monoisotopic (exact) mass is 424 g/mol. The van der Waals surface area contributed by atoms with Gasteiger partial charge in [-0.1, -0.05) is 35.9 Å². The molecule has 5 N–H and O–H groups in total. The fourth-order valence-corrected chi connectivity index (χ4v) is 3.60. The number of aliphatic hydroxyl groups is 5. The summed E-state index contributed by atoms with van der Waals surface area (Å²) in [4.78, 5) is 0. The molecule has 4 atom stereocenters. The van der Waals surface area contributed by atoms with Gasteiger partial charge in [0.05, 0.1) is 13.2 Å². The molecule has 1 aliphatic heterocycles. The van der Waals surface area contributed by atoms with Gasteiger partial charge in [0.2, 0.25) is 5.79 Å². The Morgan fingerprint density at radius 1 is 1.10 bits per heavy atom. The summed E-state index contributed by atoms with van der Waals surface area (Å²) >= 11 is 6.33. The van der Waals surface area contributed by atoms with Gasteiger partial charge in [-0.25, -0.2) is 0 Å². The van der Waals surface area contributed by atoms with Gasteiger partial charge in [0.1, 0.15) is 30.2 Å². The second-order valence-electron chi connectivity index (χ2n) is 7.05. The van der Waals surface area contributed by atoms with Gasteiger partial charge in [0.25, 0.3) is 0 Å². The highest BCUT2D eigenvalue weighted by molar-refractivity contribution is 6.31. The number of rotatable bonds is 6. The summed E-state index contributed by atoms with van der Waals surface area (Å²) in [6.07, 6.45) is -5.55. The molecule has 158 valence electrons. The first kappa shape index (κ1) is 22.0. The number of ether oxygens (including phenoxy) is 2. The Bertz CT molecular complexity index is 820. The average molecular weight is 425 g/mol. The Kier molecular flexibility index (Phi) is 6.80. The first-order chi connectivity index (χ1) is 13.8. The Morgan fingerprint density at radius 2 is 1.79 bits per heavy atom. The second kappa shape index (κ2) is 8.97. The van der Waals surface area contributed by atoms with Crippen molar-refractivity contribution in [2.75, 3.05) is 13.2 Å². The zero-order valence-electron chi connectivity index (χ0n) is 15.9. The molecule has 29 heavy (non-hydrogen) atoms. The molecule has 0 amide bonds. The van der Waals surface area contributed by atoms with Crippen LogP contribution < -0.4 is 4.74 Å². The number of halogens is 1. The van der Waals surface area contributed by atoms with Crippen molar-refractivity contribution in [3.05, 3.63) is 64.2 Å². The van der Waals surface area contributed by atoms with Gasteiger partial charge in [-0.2, -0.15) is 0 Å². The molecule has 1 fully saturated rings. The number of benzene rings is 2. The fourth-order valence-electron chi connectivity index (χ4n) is 3.42. The van der Waals surface area contributed by atoms with Crippen molar-refractivity contribution >= 4 is 11.6 Å². The number of hydrogen-bond acceptors (Lipinski definition) is 7. The maximum absolute atomic E-state index is 10.3. The van der Waals surface area contributed by atoms with Crippen molar-refractivity contribution < 1.29 is 35.0 Å². The number of aliphatic hydroxyl groups excluding tert-OH is 3. The maximum Gasteiger partial charge on any atom is 0.221 e. The van der Waals surface area contributed by atoms with Crippen LogP contribution in [-0.2, 0) is 11.2 Å². The normalized spacial score (nSPS) is 26.3. The summed E-state index contributed by atoms with van der Waals surface area (Å²) in [6.45, 7) is 1.76. The van der Waals surface area contributed by atoms with Crippen LogP contribution in [0.3, 0.4) is 0 Å². The molecule has 2 aromatic carbocycles. The topological polar surface area (TPSA) is 120 Å². The lowest BCUT2D eigenvalue weighted by molar-refractivity contribution is -0.354. The molecule has 1 saturated heterocycles. The van der Waals surface area contributed by atoms with Gasteiger partial charge >= 0.3 is 0 Å².